The number of ether oxygens (including phenoxy) is 6. The van der Waals surface area contributed by atoms with Crippen molar-refractivity contribution in [3.8, 4) is 0 Å². The number of aliphatic hydroxyl groups excluding tert-OH is 4. The molecule has 18 atom stereocenters. The number of rotatable bonds is 7. The van der Waals surface area contributed by atoms with Gasteiger partial charge in [-0.2, -0.15) is 0 Å². The summed E-state index contributed by atoms with van der Waals surface area (Å²) < 4.78 is 37.5. The summed E-state index contributed by atoms with van der Waals surface area (Å²) in [6, 6.07) is -0.808. The highest BCUT2D eigenvalue weighted by molar-refractivity contribution is 5.73. The fourth-order valence-corrected chi connectivity index (χ4v) is 8.74. The van der Waals surface area contributed by atoms with E-state index >= 15 is 0 Å². The lowest BCUT2D eigenvalue weighted by atomic mass is 9.77. The van der Waals surface area contributed by atoms with Gasteiger partial charge in [-0.25, -0.2) is 0 Å². The van der Waals surface area contributed by atoms with Crippen molar-refractivity contribution in [2.75, 3.05) is 34.8 Å². The molecule has 0 unspecified atom stereocenters. The molecule has 3 heterocycles. The first-order valence-electron chi connectivity index (χ1n) is 20.6. The first-order chi connectivity index (χ1) is 25.6. The highest BCUT2D eigenvalue weighted by Gasteiger charge is 2.52. The minimum atomic E-state index is -1.80. The standard InChI is InChI=1S/C38H72N2O12.C3H8O.10H2O/c1-15-27-38(10,46)31(42)24(6)40(13)19-20(2)17-36(8,45)33(52-35-29(41)26(39(11)12)16-21(3)48-35)22(4)30(23(5)34(44)50-27)51-28-18-37(9,47-14)32(43)25(7)49-28;1-3(2)4;;;;;;;;;;/h20-33,35,41-43,45-46H,15-19H2,1-14H3;3-4H,1-2H3;10*1H2/t20-,21+,22-,23+,24+,25-,26-,27+,28-,29+,30-,31+,32-,33+,35-,36+,37+,38+;;;;;;;;;;;/m0.........../s1. The number of carbonyl (C=O) groups is 1. The van der Waals surface area contributed by atoms with Gasteiger partial charge in [-0.05, 0) is 109 Å². The summed E-state index contributed by atoms with van der Waals surface area (Å²) >= 11 is 0. The molecule has 0 aliphatic carbocycles. The molecule has 3 rings (SSSR count). The van der Waals surface area contributed by atoms with E-state index in [1.807, 2.05) is 51.7 Å². The Labute approximate surface area is 391 Å². The molecule has 412 valence electrons. The lowest BCUT2D eigenvalue weighted by molar-refractivity contribution is -0.318. The number of methoxy groups -OCH3 is 1. The Hall–Kier alpha value is -1.45. The highest BCUT2D eigenvalue weighted by Crippen LogP contribution is 2.40. The van der Waals surface area contributed by atoms with Crippen molar-refractivity contribution in [2.45, 2.75) is 205 Å². The van der Waals surface area contributed by atoms with Gasteiger partial charge in [0.05, 0.1) is 41.5 Å². The van der Waals surface area contributed by atoms with Gasteiger partial charge in [0.1, 0.15) is 30.0 Å². The van der Waals surface area contributed by atoms with Crippen LogP contribution in [0, 0.1) is 17.8 Å². The van der Waals surface area contributed by atoms with Gasteiger partial charge in [0.25, 0.3) is 0 Å². The molecular formula is C41H100N2O23. The molecule has 3 aliphatic rings. The molecule has 0 aromatic rings. The van der Waals surface area contributed by atoms with Gasteiger partial charge >= 0.3 is 5.97 Å². The second kappa shape index (κ2) is 34.8. The van der Waals surface area contributed by atoms with Crippen molar-refractivity contribution in [3.63, 3.8) is 0 Å². The number of hydrogen-bond acceptors (Lipinski definition) is 15. The maximum absolute atomic E-state index is 14.2. The van der Waals surface area contributed by atoms with Crippen LogP contribution in [-0.2, 0) is 33.2 Å². The Kier molecular flexibility index (Phi) is 44.5. The van der Waals surface area contributed by atoms with Crippen molar-refractivity contribution in [1.82, 2.24) is 9.80 Å². The quantitative estimate of drug-likeness (QED) is 0.129. The highest BCUT2D eigenvalue weighted by atomic mass is 16.7. The summed E-state index contributed by atoms with van der Waals surface area (Å²) in [7, 11) is 7.12. The molecule has 26 N–H and O–H groups in total. The first-order valence-corrected chi connectivity index (χ1v) is 20.6. The van der Waals surface area contributed by atoms with Crippen molar-refractivity contribution in [3.05, 3.63) is 0 Å². The van der Waals surface area contributed by atoms with E-state index in [-0.39, 0.29) is 98.2 Å². The third kappa shape index (κ3) is 21.3. The van der Waals surface area contributed by atoms with Crippen LogP contribution in [0.5, 0.6) is 0 Å². The molecule has 66 heavy (non-hydrogen) atoms. The zero-order valence-electron chi connectivity index (χ0n) is 42.2. The van der Waals surface area contributed by atoms with Gasteiger partial charge in [-0.15, -0.1) is 0 Å². The van der Waals surface area contributed by atoms with Crippen LogP contribution in [0.4, 0.5) is 0 Å². The first kappa shape index (κ1) is 84.5. The van der Waals surface area contributed by atoms with Crippen LogP contribution >= 0.6 is 0 Å². The monoisotopic (exact) mass is 989 g/mol. The van der Waals surface area contributed by atoms with Crippen LogP contribution < -0.4 is 0 Å². The molecule has 25 heteroatoms. The van der Waals surface area contributed by atoms with Gasteiger partial charge in [-0.1, -0.05) is 20.8 Å². The zero-order chi connectivity index (χ0) is 43.2. The maximum atomic E-state index is 14.2. The van der Waals surface area contributed by atoms with E-state index in [1.54, 1.807) is 55.4 Å². The average Bonchev–Trinajstić information content (AvgIpc) is 3.09. The summed E-state index contributed by atoms with van der Waals surface area (Å²) in [6.45, 7) is 21.5. The van der Waals surface area contributed by atoms with Gasteiger partial charge in [0.15, 0.2) is 12.6 Å². The average molecular weight is 989 g/mol. The minimum Gasteiger partial charge on any atom is -0.459 e. The van der Waals surface area contributed by atoms with Crippen LogP contribution in [0.1, 0.15) is 109 Å². The Bertz CT molecular complexity index is 1210. The summed E-state index contributed by atoms with van der Waals surface area (Å²) in [5, 5.41) is 66.2. The third-order valence-corrected chi connectivity index (χ3v) is 12.2. The van der Waals surface area contributed by atoms with Crippen molar-refractivity contribution in [2.24, 2.45) is 17.8 Å². The molecule has 0 aromatic carbocycles. The van der Waals surface area contributed by atoms with Crippen LogP contribution in [0.2, 0.25) is 0 Å². The minimum absolute atomic E-state index is 0. The van der Waals surface area contributed by atoms with Crippen LogP contribution in [-0.4, -0.2) is 232 Å². The SMILES string of the molecule is CC(C)O.CC[C@H]1OC(=O)[C@H](C)[C@@H](O[C@H]2C[C@@](C)(OC)[C@@H](O)[C@H](C)O2)[C@H](C)[C@@H](O[C@@H]2O[C@H](C)C[C@H](N(C)C)[C@H]2O)[C@](C)(O)C[C@H](C)CN(C)[C@H](C)[C@@H](O)[C@]1(C)O.O.O.O.O.O.O.O.O.O.O. The van der Waals surface area contributed by atoms with E-state index < -0.39 is 96.0 Å². The molecule has 3 fully saturated rings. The summed E-state index contributed by atoms with van der Waals surface area (Å²) in [4.78, 5) is 18.0. The van der Waals surface area contributed by atoms with E-state index in [4.69, 9.17) is 33.5 Å². The number of aliphatic hydroxyl groups is 6. The van der Waals surface area contributed by atoms with Crippen molar-refractivity contribution >= 4 is 5.97 Å². The Morgan fingerprint density at radius 1 is 0.818 bits per heavy atom. The Morgan fingerprint density at radius 2 is 1.30 bits per heavy atom. The lowest BCUT2D eigenvalue weighted by Gasteiger charge is -2.48. The van der Waals surface area contributed by atoms with E-state index in [1.165, 1.54) is 14.0 Å². The fourth-order valence-electron chi connectivity index (χ4n) is 8.74. The molecule has 0 saturated carbocycles. The van der Waals surface area contributed by atoms with Gasteiger partial charge in [0, 0.05) is 44.2 Å². The Morgan fingerprint density at radius 3 is 1.74 bits per heavy atom. The summed E-state index contributed by atoms with van der Waals surface area (Å²) in [5.41, 5.74) is -4.37. The maximum Gasteiger partial charge on any atom is 0.311 e. The summed E-state index contributed by atoms with van der Waals surface area (Å²) in [5.74, 6) is -2.58. The van der Waals surface area contributed by atoms with E-state index in [0.29, 0.717) is 13.0 Å². The lowest BCUT2D eigenvalue weighted by Crippen LogP contribution is -2.60. The molecule has 3 saturated heterocycles. The van der Waals surface area contributed by atoms with Gasteiger partial charge < -0.3 is 124 Å². The van der Waals surface area contributed by atoms with E-state index in [0.717, 1.165) is 0 Å². The number of esters is 1. The third-order valence-electron chi connectivity index (χ3n) is 12.2. The molecule has 0 spiro atoms. The largest absolute Gasteiger partial charge is 0.459 e. The number of likely N-dealkylation sites (N-methyl/N-ethyl adjacent to an activating group) is 2. The normalized spacial score (nSPS) is 39.6. The van der Waals surface area contributed by atoms with Gasteiger partial charge in [0.2, 0.25) is 0 Å². The van der Waals surface area contributed by atoms with Crippen LogP contribution in [0.15, 0.2) is 0 Å². The van der Waals surface area contributed by atoms with Crippen LogP contribution in [0.3, 0.4) is 0 Å². The van der Waals surface area contributed by atoms with Crippen molar-refractivity contribution in [1.29, 1.82) is 0 Å². The molecule has 3 aliphatic heterocycles. The molecule has 25 nitrogen and oxygen atoms in total. The predicted octanol–water partition coefficient (Wildman–Crippen LogP) is -5.96. The molecule has 0 bridgehead atoms. The second-order valence-electron chi connectivity index (χ2n) is 18.3. The van der Waals surface area contributed by atoms with E-state index in [2.05, 4.69) is 0 Å². The Balaban J connectivity index is -0.000000318. The number of hydrogen-bond donors (Lipinski definition) is 6. The van der Waals surface area contributed by atoms with Crippen molar-refractivity contribution < 1.29 is 119 Å². The molecule has 0 aromatic heterocycles. The predicted molar refractivity (Wildman–Crippen MR) is 248 cm³/mol. The number of nitrogens with zero attached hydrogens (tertiary/aromatic N) is 2. The van der Waals surface area contributed by atoms with E-state index in [9.17, 15) is 30.3 Å². The smallest absolute Gasteiger partial charge is 0.311 e. The number of carbonyl (C=O) groups excluding carboxylic acids is 1. The molecule has 0 amide bonds. The molecule has 0 radical (unpaired) electrons. The topological polar surface area (TPSA) is 515 Å². The second-order valence-corrected chi connectivity index (χ2v) is 18.3. The summed E-state index contributed by atoms with van der Waals surface area (Å²) in [6.07, 6.45) is -8.36. The fraction of sp³-hybridized carbons (Fsp3) is 0.976. The molecular weight excluding hydrogens is 888 g/mol. The zero-order valence-corrected chi connectivity index (χ0v) is 42.2. The number of cyclic esters (lactones) is 1. The van der Waals surface area contributed by atoms with Gasteiger partial charge in [-0.3, -0.25) is 4.79 Å². The van der Waals surface area contributed by atoms with Crippen LogP contribution in [0.25, 0.3) is 0 Å².